The van der Waals surface area contributed by atoms with Gasteiger partial charge in [-0.25, -0.2) is 4.39 Å². The molecule has 1 aliphatic rings. The van der Waals surface area contributed by atoms with Crippen LogP contribution in [0.4, 0.5) is 4.39 Å². The van der Waals surface area contributed by atoms with Crippen LogP contribution in [0.1, 0.15) is 46.2 Å². The van der Waals surface area contributed by atoms with Crippen molar-refractivity contribution in [3.05, 3.63) is 58.1 Å². The van der Waals surface area contributed by atoms with Crippen molar-refractivity contribution in [2.24, 2.45) is 7.05 Å². The molecular weight excluding hydrogens is 331 g/mol. The maximum absolute atomic E-state index is 14.1. The molecule has 6 heteroatoms. The van der Waals surface area contributed by atoms with E-state index in [9.17, 15) is 14.0 Å². The van der Waals surface area contributed by atoms with Gasteiger partial charge in [-0.05, 0) is 38.0 Å². The van der Waals surface area contributed by atoms with Crippen molar-refractivity contribution in [1.82, 2.24) is 9.47 Å². The highest BCUT2D eigenvalue weighted by Gasteiger charge is 2.35. The zero-order valence-electron chi connectivity index (χ0n) is 13.6. The van der Waals surface area contributed by atoms with E-state index in [1.165, 1.54) is 13.0 Å². The van der Waals surface area contributed by atoms with Crippen molar-refractivity contribution in [3.63, 3.8) is 0 Å². The summed E-state index contributed by atoms with van der Waals surface area (Å²) < 4.78 is 15.7. The van der Waals surface area contributed by atoms with Gasteiger partial charge in [-0.2, -0.15) is 0 Å². The van der Waals surface area contributed by atoms with E-state index in [1.807, 2.05) is 0 Å². The van der Waals surface area contributed by atoms with Gasteiger partial charge in [0.1, 0.15) is 11.5 Å². The second-order valence-corrected chi connectivity index (χ2v) is 6.55. The molecule has 0 radical (unpaired) electrons. The zero-order chi connectivity index (χ0) is 17.4. The van der Waals surface area contributed by atoms with Crippen molar-refractivity contribution in [3.8, 4) is 0 Å². The first-order valence-electron chi connectivity index (χ1n) is 7.79. The Morgan fingerprint density at radius 2 is 2.08 bits per heavy atom. The Labute approximate surface area is 144 Å². The number of carbonyl (C=O) groups excluding carboxylic acids is 2. The molecule has 3 rings (SSSR count). The Morgan fingerprint density at radius 1 is 1.38 bits per heavy atom. The minimum absolute atomic E-state index is 0.0869. The predicted molar refractivity (Wildman–Crippen MR) is 89.7 cm³/mol. The Kier molecular flexibility index (Phi) is 4.45. The number of ketones is 1. The molecule has 0 unspecified atom stereocenters. The molecule has 1 aliphatic carbocycles. The summed E-state index contributed by atoms with van der Waals surface area (Å²) in [7, 11) is 1.72. The average molecular weight is 349 g/mol. The van der Waals surface area contributed by atoms with Crippen LogP contribution in [0.2, 0.25) is 5.02 Å². The molecule has 0 spiro atoms. The van der Waals surface area contributed by atoms with Crippen molar-refractivity contribution in [1.29, 1.82) is 0 Å². The van der Waals surface area contributed by atoms with Gasteiger partial charge in [0.2, 0.25) is 0 Å². The fourth-order valence-corrected chi connectivity index (χ4v) is 2.95. The van der Waals surface area contributed by atoms with Crippen LogP contribution < -0.4 is 0 Å². The number of benzene rings is 1. The lowest BCUT2D eigenvalue weighted by Gasteiger charge is -2.23. The largest absolute Gasteiger partial charge is 0.346 e. The maximum atomic E-state index is 14.1. The fourth-order valence-electron chi connectivity index (χ4n) is 2.72. The van der Waals surface area contributed by atoms with Crippen LogP contribution in [-0.2, 0) is 13.6 Å². The standard InChI is InChI=1S/C18H18ClFN2O2/c1-11(23)12-8-17(21(2)9-12)18(24)22(13-6-7-13)10-14-15(19)4-3-5-16(14)20/h3-5,8-9,13H,6-7,10H2,1-2H3. The Bertz CT molecular complexity index is 791. The first-order chi connectivity index (χ1) is 11.4. The van der Waals surface area contributed by atoms with E-state index in [1.54, 1.807) is 40.9 Å². The van der Waals surface area contributed by atoms with E-state index in [0.717, 1.165) is 12.8 Å². The topological polar surface area (TPSA) is 42.3 Å². The third kappa shape index (κ3) is 3.22. The van der Waals surface area contributed by atoms with Crippen LogP contribution in [0.5, 0.6) is 0 Å². The highest BCUT2D eigenvalue weighted by Crippen LogP contribution is 2.32. The SMILES string of the molecule is CC(=O)c1cc(C(=O)N(Cc2c(F)cccc2Cl)C2CC2)n(C)c1. The molecule has 4 nitrogen and oxygen atoms in total. The van der Waals surface area contributed by atoms with Crippen molar-refractivity contribution in [2.45, 2.75) is 32.4 Å². The monoisotopic (exact) mass is 348 g/mol. The molecule has 1 aromatic carbocycles. The fraction of sp³-hybridized carbons (Fsp3) is 0.333. The van der Waals surface area contributed by atoms with Crippen molar-refractivity contribution < 1.29 is 14.0 Å². The first kappa shape index (κ1) is 16.7. The quantitative estimate of drug-likeness (QED) is 0.771. The van der Waals surface area contributed by atoms with E-state index in [2.05, 4.69) is 0 Å². The lowest BCUT2D eigenvalue weighted by atomic mass is 10.1. The molecule has 0 bridgehead atoms. The number of carbonyl (C=O) groups is 2. The van der Waals surface area contributed by atoms with Gasteiger partial charge in [0, 0.05) is 35.4 Å². The first-order valence-corrected chi connectivity index (χ1v) is 8.17. The molecule has 2 aromatic rings. The Balaban J connectivity index is 1.91. The van der Waals surface area contributed by atoms with Crippen LogP contribution >= 0.6 is 11.6 Å². The highest BCUT2D eigenvalue weighted by molar-refractivity contribution is 6.31. The number of Topliss-reactive ketones (excluding diaryl/α,β-unsaturated/α-hetero) is 1. The summed E-state index contributed by atoms with van der Waals surface area (Å²) >= 11 is 6.10. The number of rotatable bonds is 5. The van der Waals surface area contributed by atoms with Gasteiger partial charge < -0.3 is 9.47 Å². The summed E-state index contributed by atoms with van der Waals surface area (Å²) in [5, 5.41) is 0.310. The van der Waals surface area contributed by atoms with E-state index in [4.69, 9.17) is 11.6 Å². The zero-order valence-corrected chi connectivity index (χ0v) is 14.3. The van der Waals surface area contributed by atoms with E-state index in [0.29, 0.717) is 21.8 Å². The summed E-state index contributed by atoms with van der Waals surface area (Å²) in [4.78, 5) is 26.1. The Morgan fingerprint density at radius 3 is 2.62 bits per heavy atom. The van der Waals surface area contributed by atoms with Gasteiger partial charge in [-0.1, -0.05) is 17.7 Å². The van der Waals surface area contributed by atoms with Gasteiger partial charge in [0.05, 0.1) is 6.54 Å². The van der Waals surface area contributed by atoms with Crippen LogP contribution in [0.3, 0.4) is 0 Å². The number of amides is 1. The van der Waals surface area contributed by atoms with Gasteiger partial charge in [-0.15, -0.1) is 0 Å². The average Bonchev–Trinajstić information content (AvgIpc) is 3.28. The number of aryl methyl sites for hydroxylation is 1. The van der Waals surface area contributed by atoms with Crippen LogP contribution in [0.15, 0.2) is 30.5 Å². The van der Waals surface area contributed by atoms with Gasteiger partial charge in [0.15, 0.2) is 5.78 Å². The molecule has 24 heavy (non-hydrogen) atoms. The normalized spacial score (nSPS) is 13.8. The summed E-state index contributed by atoms with van der Waals surface area (Å²) in [5.74, 6) is -0.733. The number of aromatic nitrogens is 1. The smallest absolute Gasteiger partial charge is 0.271 e. The highest BCUT2D eigenvalue weighted by atomic mass is 35.5. The van der Waals surface area contributed by atoms with E-state index in [-0.39, 0.29) is 24.3 Å². The number of hydrogen-bond donors (Lipinski definition) is 0. The summed E-state index contributed by atoms with van der Waals surface area (Å²) in [6.45, 7) is 1.58. The summed E-state index contributed by atoms with van der Waals surface area (Å²) in [5.41, 5.74) is 1.22. The van der Waals surface area contributed by atoms with Crippen molar-refractivity contribution >= 4 is 23.3 Å². The van der Waals surface area contributed by atoms with Gasteiger partial charge >= 0.3 is 0 Å². The molecule has 1 fully saturated rings. The number of nitrogens with zero attached hydrogens (tertiary/aromatic N) is 2. The third-order valence-electron chi connectivity index (χ3n) is 4.27. The van der Waals surface area contributed by atoms with E-state index >= 15 is 0 Å². The third-order valence-corrected chi connectivity index (χ3v) is 4.62. The molecule has 1 amide bonds. The second-order valence-electron chi connectivity index (χ2n) is 6.15. The second kappa shape index (κ2) is 6.40. The summed E-state index contributed by atoms with van der Waals surface area (Å²) in [6, 6.07) is 6.17. The van der Waals surface area contributed by atoms with Crippen LogP contribution in [0, 0.1) is 5.82 Å². The van der Waals surface area contributed by atoms with Crippen LogP contribution in [0.25, 0.3) is 0 Å². The van der Waals surface area contributed by atoms with Crippen LogP contribution in [-0.4, -0.2) is 27.2 Å². The molecule has 1 aromatic heterocycles. The molecule has 1 saturated carbocycles. The molecule has 0 atom stereocenters. The predicted octanol–water partition coefficient (Wildman–Crippen LogP) is 3.83. The van der Waals surface area contributed by atoms with Crippen molar-refractivity contribution in [2.75, 3.05) is 0 Å². The lowest BCUT2D eigenvalue weighted by Crippen LogP contribution is -2.34. The molecule has 126 valence electrons. The Hall–Kier alpha value is -2.14. The summed E-state index contributed by atoms with van der Waals surface area (Å²) in [6.07, 6.45) is 3.42. The number of halogens is 2. The van der Waals surface area contributed by atoms with Gasteiger partial charge in [0.25, 0.3) is 5.91 Å². The van der Waals surface area contributed by atoms with E-state index < -0.39 is 5.82 Å². The molecule has 0 N–H and O–H groups in total. The minimum atomic E-state index is -0.419. The lowest BCUT2D eigenvalue weighted by molar-refractivity contribution is 0.0718. The molecule has 1 heterocycles. The molecule has 0 aliphatic heterocycles. The number of hydrogen-bond acceptors (Lipinski definition) is 2. The molecular formula is C18H18ClFN2O2. The minimum Gasteiger partial charge on any atom is -0.346 e. The maximum Gasteiger partial charge on any atom is 0.271 e. The van der Waals surface area contributed by atoms with Gasteiger partial charge in [-0.3, -0.25) is 9.59 Å². The molecule has 0 saturated heterocycles.